The molecule has 30 heavy (non-hydrogen) atoms. The third-order valence-electron chi connectivity index (χ3n) is 5.81. The second kappa shape index (κ2) is 9.53. The summed E-state index contributed by atoms with van der Waals surface area (Å²) in [6.07, 6.45) is 0.592. The van der Waals surface area contributed by atoms with E-state index in [2.05, 4.69) is 0 Å². The lowest BCUT2D eigenvalue weighted by Crippen LogP contribution is -2.62. The average Bonchev–Trinajstić information content (AvgIpc) is 2.79. The molecular weight excluding hydrogens is 384 g/mol. The number of methoxy groups -OCH3 is 3. The third kappa shape index (κ3) is 4.18. The maximum atomic E-state index is 13.1. The highest BCUT2D eigenvalue weighted by atomic mass is 16.5. The zero-order valence-electron chi connectivity index (χ0n) is 17.4. The largest absolute Gasteiger partial charge is 0.497 e. The number of ketones is 1. The number of allylic oxidation sites excluding steroid dienone is 1. The number of carbonyl (C=O) groups excluding carboxylic acids is 1. The number of carbonyl (C=O) groups is 1. The molecule has 0 amide bonds. The Morgan fingerprint density at radius 2 is 1.80 bits per heavy atom. The Balaban J connectivity index is 1.93. The molecule has 6 nitrogen and oxygen atoms in total. The summed E-state index contributed by atoms with van der Waals surface area (Å²) < 4.78 is 16.2. The van der Waals surface area contributed by atoms with Crippen molar-refractivity contribution in [2.45, 2.75) is 30.3 Å². The van der Waals surface area contributed by atoms with Crippen molar-refractivity contribution in [3.8, 4) is 5.75 Å². The first kappa shape index (κ1) is 22.2. The smallest absolute Gasteiger partial charge is 0.164 e. The van der Waals surface area contributed by atoms with Gasteiger partial charge in [-0.15, -0.1) is 0 Å². The van der Waals surface area contributed by atoms with Gasteiger partial charge in [0.15, 0.2) is 5.78 Å². The molecule has 5 unspecified atom stereocenters. The van der Waals surface area contributed by atoms with Crippen molar-refractivity contribution in [2.75, 3.05) is 21.3 Å². The molecule has 3 rings (SSSR count). The third-order valence-corrected chi connectivity index (χ3v) is 5.81. The molecule has 2 aromatic carbocycles. The Hall–Kier alpha value is -2.51. The van der Waals surface area contributed by atoms with E-state index in [-0.39, 0.29) is 12.2 Å². The van der Waals surface area contributed by atoms with Crippen LogP contribution in [-0.2, 0) is 19.9 Å². The Kier molecular flexibility index (Phi) is 7.05. The van der Waals surface area contributed by atoms with E-state index < -0.39 is 29.8 Å². The zero-order chi connectivity index (χ0) is 21.7. The van der Waals surface area contributed by atoms with Gasteiger partial charge < -0.3 is 24.4 Å². The highest BCUT2D eigenvalue weighted by Crippen LogP contribution is 2.43. The summed E-state index contributed by atoms with van der Waals surface area (Å²) >= 11 is 0. The minimum atomic E-state index is -1.74. The number of aliphatic hydroxyl groups is 2. The van der Waals surface area contributed by atoms with Crippen LogP contribution < -0.4 is 4.74 Å². The zero-order valence-corrected chi connectivity index (χ0v) is 17.4. The van der Waals surface area contributed by atoms with Crippen molar-refractivity contribution in [2.24, 2.45) is 5.92 Å². The minimum absolute atomic E-state index is 0.263. The minimum Gasteiger partial charge on any atom is -0.497 e. The van der Waals surface area contributed by atoms with Gasteiger partial charge in [0.25, 0.3) is 0 Å². The van der Waals surface area contributed by atoms with Crippen molar-refractivity contribution >= 4 is 11.9 Å². The number of hydrogen-bond acceptors (Lipinski definition) is 6. The predicted molar refractivity (Wildman–Crippen MR) is 113 cm³/mol. The van der Waals surface area contributed by atoms with E-state index >= 15 is 0 Å². The first-order chi connectivity index (χ1) is 14.4. The van der Waals surface area contributed by atoms with Crippen molar-refractivity contribution in [1.29, 1.82) is 0 Å². The second-order valence-corrected chi connectivity index (χ2v) is 7.41. The molecule has 1 fully saturated rings. The van der Waals surface area contributed by atoms with Gasteiger partial charge in [-0.05, 0) is 29.3 Å². The van der Waals surface area contributed by atoms with Gasteiger partial charge in [0.05, 0.1) is 25.2 Å². The Labute approximate surface area is 176 Å². The van der Waals surface area contributed by atoms with Crippen molar-refractivity contribution < 1.29 is 29.2 Å². The van der Waals surface area contributed by atoms with Crippen LogP contribution in [0, 0.1) is 5.92 Å². The highest BCUT2D eigenvalue weighted by Gasteiger charge is 2.57. The molecule has 160 valence electrons. The highest BCUT2D eigenvalue weighted by molar-refractivity contribution is 5.96. The molecule has 0 aromatic heterocycles. The average molecular weight is 412 g/mol. The standard InChI is InChI=1S/C24H28O6/c1-28-18-11-7-8-16(14-18)12-13-19(25)22-20(29-2)15-21(30-3)24(27,23(22)26)17-9-5-4-6-10-17/h4-14,20-23,26-27H,15H2,1-3H3. The van der Waals surface area contributed by atoms with Crippen molar-refractivity contribution in [1.82, 2.24) is 0 Å². The molecule has 0 saturated heterocycles. The lowest BCUT2D eigenvalue weighted by atomic mass is 9.67. The molecule has 1 aliphatic carbocycles. The van der Waals surface area contributed by atoms with Gasteiger partial charge in [0, 0.05) is 20.6 Å². The monoisotopic (exact) mass is 412 g/mol. The van der Waals surface area contributed by atoms with Gasteiger partial charge in [-0.3, -0.25) is 4.79 Å². The number of hydrogen-bond donors (Lipinski definition) is 2. The Morgan fingerprint density at radius 3 is 2.43 bits per heavy atom. The molecule has 1 saturated carbocycles. The van der Waals surface area contributed by atoms with Gasteiger partial charge in [-0.25, -0.2) is 0 Å². The number of ether oxygens (including phenoxy) is 3. The fraction of sp³-hybridized carbons (Fsp3) is 0.375. The Morgan fingerprint density at radius 1 is 1.07 bits per heavy atom. The van der Waals surface area contributed by atoms with E-state index in [9.17, 15) is 15.0 Å². The summed E-state index contributed by atoms with van der Waals surface area (Å²) in [6.45, 7) is 0. The van der Waals surface area contributed by atoms with Crippen LogP contribution in [0.5, 0.6) is 5.75 Å². The first-order valence-corrected chi connectivity index (χ1v) is 9.83. The summed E-state index contributed by atoms with van der Waals surface area (Å²) in [5.74, 6) is -0.604. The van der Waals surface area contributed by atoms with Crippen LogP contribution in [0.15, 0.2) is 60.7 Å². The number of benzene rings is 2. The van der Waals surface area contributed by atoms with Crippen molar-refractivity contribution in [3.63, 3.8) is 0 Å². The number of aliphatic hydroxyl groups excluding tert-OH is 1. The molecule has 0 bridgehead atoms. The topological polar surface area (TPSA) is 85.2 Å². The van der Waals surface area contributed by atoms with E-state index in [0.29, 0.717) is 11.3 Å². The van der Waals surface area contributed by atoms with Crippen LogP contribution in [0.3, 0.4) is 0 Å². The molecule has 2 N–H and O–H groups in total. The summed E-state index contributed by atoms with van der Waals surface area (Å²) in [5, 5.41) is 22.7. The van der Waals surface area contributed by atoms with Crippen LogP contribution in [-0.4, -0.2) is 55.6 Å². The van der Waals surface area contributed by atoms with Crippen LogP contribution in [0.1, 0.15) is 17.5 Å². The summed E-state index contributed by atoms with van der Waals surface area (Å²) in [7, 11) is 4.54. The predicted octanol–water partition coefficient (Wildman–Crippen LogP) is 2.58. The van der Waals surface area contributed by atoms with Gasteiger partial charge >= 0.3 is 0 Å². The van der Waals surface area contributed by atoms with Gasteiger partial charge in [-0.1, -0.05) is 48.5 Å². The lowest BCUT2D eigenvalue weighted by Gasteiger charge is -2.48. The molecule has 0 radical (unpaired) electrons. The van der Waals surface area contributed by atoms with E-state index in [1.807, 2.05) is 24.3 Å². The number of rotatable bonds is 7. The second-order valence-electron chi connectivity index (χ2n) is 7.41. The molecule has 0 aliphatic heterocycles. The van der Waals surface area contributed by atoms with E-state index in [1.165, 1.54) is 20.3 Å². The van der Waals surface area contributed by atoms with Crippen LogP contribution in [0.25, 0.3) is 6.08 Å². The quantitative estimate of drug-likeness (QED) is 0.680. The normalized spacial score (nSPS) is 29.1. The molecule has 6 heteroatoms. The summed E-state index contributed by atoms with van der Waals surface area (Å²) in [4.78, 5) is 13.1. The fourth-order valence-corrected chi connectivity index (χ4v) is 4.16. The lowest BCUT2D eigenvalue weighted by molar-refractivity contribution is -0.226. The summed E-state index contributed by atoms with van der Waals surface area (Å²) in [6, 6.07) is 16.1. The van der Waals surface area contributed by atoms with Gasteiger partial charge in [0.2, 0.25) is 0 Å². The SMILES string of the molecule is COc1cccc(C=CC(=O)C2C(OC)CC(OC)C(O)(c3ccccc3)C2O)c1. The van der Waals surface area contributed by atoms with Gasteiger partial charge in [0.1, 0.15) is 17.5 Å². The first-order valence-electron chi connectivity index (χ1n) is 9.83. The fourth-order valence-electron chi connectivity index (χ4n) is 4.16. The van der Waals surface area contributed by atoms with Crippen LogP contribution in [0.2, 0.25) is 0 Å². The molecule has 0 spiro atoms. The van der Waals surface area contributed by atoms with Crippen LogP contribution >= 0.6 is 0 Å². The van der Waals surface area contributed by atoms with Crippen molar-refractivity contribution in [3.05, 3.63) is 71.8 Å². The van der Waals surface area contributed by atoms with Gasteiger partial charge in [-0.2, -0.15) is 0 Å². The molecule has 2 aromatic rings. The maximum Gasteiger partial charge on any atom is 0.164 e. The molecular formula is C24H28O6. The Bertz CT molecular complexity index is 880. The van der Waals surface area contributed by atoms with E-state index in [1.54, 1.807) is 43.5 Å². The maximum absolute atomic E-state index is 13.1. The molecule has 5 atom stereocenters. The summed E-state index contributed by atoms with van der Waals surface area (Å²) in [5.41, 5.74) is -0.460. The molecule has 0 heterocycles. The van der Waals surface area contributed by atoms with Crippen LogP contribution in [0.4, 0.5) is 0 Å². The van der Waals surface area contributed by atoms with E-state index in [4.69, 9.17) is 14.2 Å². The molecule has 1 aliphatic rings. The van der Waals surface area contributed by atoms with E-state index in [0.717, 1.165) is 5.56 Å².